The van der Waals surface area contributed by atoms with Crippen LogP contribution in [0.15, 0.2) is 0 Å². The fourth-order valence-corrected chi connectivity index (χ4v) is 1.33. The Kier molecular flexibility index (Phi) is 6.72. The number of likely N-dealkylation sites (N-methyl/N-ethyl adjacent to an activating group) is 1. The van der Waals surface area contributed by atoms with Crippen molar-refractivity contribution < 1.29 is 9.59 Å². The Balaban J connectivity index is 4.08. The molecule has 0 bridgehead atoms. The van der Waals surface area contributed by atoms with Gasteiger partial charge in [0, 0.05) is 6.54 Å². The molecule has 0 aliphatic carbocycles. The van der Waals surface area contributed by atoms with Crippen LogP contribution in [-0.4, -0.2) is 30.4 Å². The summed E-state index contributed by atoms with van der Waals surface area (Å²) in [5.41, 5.74) is 5.70. The van der Waals surface area contributed by atoms with Crippen molar-refractivity contribution in [3.05, 3.63) is 0 Å². The van der Waals surface area contributed by atoms with Crippen molar-refractivity contribution in [1.29, 1.82) is 0 Å². The molecule has 2 amide bonds. The highest BCUT2D eigenvalue weighted by Gasteiger charge is 2.19. The summed E-state index contributed by atoms with van der Waals surface area (Å²) in [6, 6.07) is -1.08. The summed E-state index contributed by atoms with van der Waals surface area (Å²) >= 11 is 0. The van der Waals surface area contributed by atoms with Gasteiger partial charge in [-0.1, -0.05) is 13.8 Å². The number of rotatable bonds is 6. The minimum Gasteiger partial charge on any atom is -0.355 e. The van der Waals surface area contributed by atoms with Crippen LogP contribution in [0.2, 0.25) is 0 Å². The van der Waals surface area contributed by atoms with Gasteiger partial charge in [0.2, 0.25) is 11.8 Å². The molecule has 4 N–H and O–H groups in total. The molecule has 0 aromatic rings. The average Bonchev–Trinajstić information content (AvgIpc) is 2.16. The predicted octanol–water partition coefficient (Wildman–Crippen LogP) is 0.000600. The monoisotopic (exact) mass is 229 g/mol. The van der Waals surface area contributed by atoms with Gasteiger partial charge in [0.1, 0.15) is 6.04 Å². The zero-order valence-corrected chi connectivity index (χ0v) is 10.5. The number of carbonyl (C=O) groups is 2. The number of amides is 2. The topological polar surface area (TPSA) is 84.2 Å². The van der Waals surface area contributed by atoms with Gasteiger partial charge in [-0.15, -0.1) is 0 Å². The number of hydrogen-bond acceptors (Lipinski definition) is 3. The molecule has 0 saturated carbocycles. The first-order chi connectivity index (χ1) is 7.38. The van der Waals surface area contributed by atoms with Gasteiger partial charge in [-0.2, -0.15) is 0 Å². The van der Waals surface area contributed by atoms with Crippen molar-refractivity contribution >= 4 is 11.8 Å². The lowest BCUT2D eigenvalue weighted by molar-refractivity contribution is -0.129. The Hall–Kier alpha value is -1.10. The van der Waals surface area contributed by atoms with Crippen LogP contribution in [0.5, 0.6) is 0 Å². The standard InChI is InChI=1S/C11H23N3O2/c1-5-13-10(15)8(4)14-11(16)9(12)6-7(2)3/h7-9H,5-6,12H2,1-4H3,(H,13,15)(H,14,16)/t8?,9-/m1/s1. The van der Waals surface area contributed by atoms with E-state index in [9.17, 15) is 9.59 Å². The third-order valence-electron chi connectivity index (χ3n) is 2.17. The quantitative estimate of drug-likeness (QED) is 0.599. The molecule has 0 aliphatic heterocycles. The molecular weight excluding hydrogens is 206 g/mol. The summed E-state index contributed by atoms with van der Waals surface area (Å²) in [4.78, 5) is 22.9. The number of nitrogens with two attached hydrogens (primary N) is 1. The second-order valence-electron chi connectivity index (χ2n) is 4.36. The van der Waals surface area contributed by atoms with E-state index >= 15 is 0 Å². The molecule has 0 aliphatic rings. The summed E-state index contributed by atoms with van der Waals surface area (Å²) < 4.78 is 0. The van der Waals surface area contributed by atoms with E-state index in [4.69, 9.17) is 5.73 Å². The van der Waals surface area contributed by atoms with Gasteiger partial charge in [0.05, 0.1) is 6.04 Å². The van der Waals surface area contributed by atoms with Gasteiger partial charge in [0.25, 0.3) is 0 Å². The zero-order valence-electron chi connectivity index (χ0n) is 10.5. The van der Waals surface area contributed by atoms with Gasteiger partial charge >= 0.3 is 0 Å². The van der Waals surface area contributed by atoms with Crippen LogP contribution in [0.3, 0.4) is 0 Å². The number of carbonyl (C=O) groups excluding carboxylic acids is 2. The summed E-state index contributed by atoms with van der Waals surface area (Å²) in [5.74, 6) is -0.0967. The Labute approximate surface area is 97.2 Å². The maximum absolute atomic E-state index is 11.6. The molecule has 0 spiro atoms. The van der Waals surface area contributed by atoms with Gasteiger partial charge in [-0.05, 0) is 26.2 Å². The number of nitrogens with one attached hydrogen (secondary N) is 2. The zero-order chi connectivity index (χ0) is 12.7. The van der Waals surface area contributed by atoms with Gasteiger partial charge in [-0.3, -0.25) is 9.59 Å². The van der Waals surface area contributed by atoms with Crippen LogP contribution in [0.25, 0.3) is 0 Å². The normalized spacial score (nSPS) is 14.4. The molecule has 0 aromatic carbocycles. The smallest absolute Gasteiger partial charge is 0.242 e. The van der Waals surface area contributed by atoms with Crippen molar-refractivity contribution in [3.8, 4) is 0 Å². The summed E-state index contributed by atoms with van der Waals surface area (Å²) in [7, 11) is 0. The van der Waals surface area contributed by atoms with E-state index in [0.717, 1.165) is 0 Å². The maximum atomic E-state index is 11.6. The van der Waals surface area contributed by atoms with E-state index in [-0.39, 0.29) is 11.8 Å². The summed E-state index contributed by atoms with van der Waals surface area (Å²) in [5, 5.41) is 5.23. The second-order valence-corrected chi connectivity index (χ2v) is 4.36. The van der Waals surface area contributed by atoms with E-state index in [1.165, 1.54) is 0 Å². The van der Waals surface area contributed by atoms with Crippen molar-refractivity contribution in [1.82, 2.24) is 10.6 Å². The molecule has 1 unspecified atom stereocenters. The van der Waals surface area contributed by atoms with Crippen molar-refractivity contribution in [3.63, 3.8) is 0 Å². The first-order valence-electron chi connectivity index (χ1n) is 5.72. The minimum atomic E-state index is -0.545. The Morgan fingerprint density at radius 2 is 1.75 bits per heavy atom. The molecule has 5 nitrogen and oxygen atoms in total. The highest BCUT2D eigenvalue weighted by atomic mass is 16.2. The van der Waals surface area contributed by atoms with Gasteiger partial charge < -0.3 is 16.4 Å². The first kappa shape index (κ1) is 14.9. The SMILES string of the molecule is CCNC(=O)C(C)NC(=O)[C@H](N)CC(C)C. The van der Waals surface area contributed by atoms with Crippen LogP contribution in [0, 0.1) is 5.92 Å². The lowest BCUT2D eigenvalue weighted by Gasteiger charge is -2.18. The van der Waals surface area contributed by atoms with Gasteiger partial charge in [0.15, 0.2) is 0 Å². The molecular formula is C11H23N3O2. The van der Waals surface area contributed by atoms with Crippen LogP contribution in [0.4, 0.5) is 0 Å². The van der Waals surface area contributed by atoms with E-state index in [0.29, 0.717) is 18.9 Å². The lowest BCUT2D eigenvalue weighted by Crippen LogP contribution is -2.50. The van der Waals surface area contributed by atoms with Crippen LogP contribution >= 0.6 is 0 Å². The molecule has 5 heteroatoms. The second kappa shape index (κ2) is 7.22. The van der Waals surface area contributed by atoms with Crippen molar-refractivity contribution in [2.75, 3.05) is 6.54 Å². The van der Waals surface area contributed by atoms with Crippen molar-refractivity contribution in [2.24, 2.45) is 11.7 Å². The van der Waals surface area contributed by atoms with Crippen molar-refractivity contribution in [2.45, 2.75) is 46.2 Å². The molecule has 0 heterocycles. The van der Waals surface area contributed by atoms with Gasteiger partial charge in [-0.25, -0.2) is 0 Å². The first-order valence-corrected chi connectivity index (χ1v) is 5.72. The third-order valence-corrected chi connectivity index (χ3v) is 2.17. The summed E-state index contributed by atoms with van der Waals surface area (Å²) in [6.07, 6.45) is 0.619. The molecule has 94 valence electrons. The third kappa shape index (κ3) is 5.70. The molecule has 16 heavy (non-hydrogen) atoms. The van der Waals surface area contributed by atoms with Crippen LogP contribution in [0.1, 0.15) is 34.1 Å². The number of hydrogen-bond donors (Lipinski definition) is 3. The molecule has 2 atom stereocenters. The van der Waals surface area contributed by atoms with E-state index in [2.05, 4.69) is 10.6 Å². The minimum absolute atomic E-state index is 0.187. The maximum Gasteiger partial charge on any atom is 0.242 e. The van der Waals surface area contributed by atoms with Crippen LogP contribution < -0.4 is 16.4 Å². The molecule has 0 saturated heterocycles. The fraction of sp³-hybridized carbons (Fsp3) is 0.818. The molecule has 0 rings (SSSR count). The molecule has 0 fully saturated rings. The average molecular weight is 229 g/mol. The Morgan fingerprint density at radius 1 is 1.19 bits per heavy atom. The Bertz CT molecular complexity index is 241. The van der Waals surface area contributed by atoms with E-state index < -0.39 is 12.1 Å². The highest BCUT2D eigenvalue weighted by molar-refractivity contribution is 5.89. The van der Waals surface area contributed by atoms with Crippen LogP contribution in [-0.2, 0) is 9.59 Å². The molecule has 0 aromatic heterocycles. The highest BCUT2D eigenvalue weighted by Crippen LogP contribution is 2.02. The predicted molar refractivity (Wildman–Crippen MR) is 63.7 cm³/mol. The summed E-state index contributed by atoms with van der Waals surface area (Å²) in [6.45, 7) is 8.03. The largest absolute Gasteiger partial charge is 0.355 e. The molecule has 0 radical (unpaired) electrons. The van der Waals surface area contributed by atoms with E-state index in [1.807, 2.05) is 20.8 Å². The van der Waals surface area contributed by atoms with E-state index in [1.54, 1.807) is 6.92 Å². The fourth-order valence-electron chi connectivity index (χ4n) is 1.33. The Morgan fingerprint density at radius 3 is 2.19 bits per heavy atom. The lowest BCUT2D eigenvalue weighted by atomic mass is 10.0.